The fourth-order valence-electron chi connectivity index (χ4n) is 1.54. The third kappa shape index (κ3) is 3.22. The zero-order chi connectivity index (χ0) is 14.0. The maximum Gasteiger partial charge on any atom is 0.262 e. The third-order valence-electron chi connectivity index (χ3n) is 2.46. The summed E-state index contributed by atoms with van der Waals surface area (Å²) in [7, 11) is -3.72. The van der Waals surface area contributed by atoms with Crippen molar-refractivity contribution in [3.8, 4) is 5.75 Å². The van der Waals surface area contributed by atoms with Gasteiger partial charge in [-0.05, 0) is 25.1 Å². The molecule has 0 aromatic heterocycles. The number of sulfonamides is 1. The molecule has 19 heavy (non-hydrogen) atoms. The molecule has 104 valence electrons. The van der Waals surface area contributed by atoms with Crippen LogP contribution < -0.4 is 14.8 Å². The van der Waals surface area contributed by atoms with Crippen LogP contribution in [0.3, 0.4) is 0 Å². The third-order valence-corrected chi connectivity index (χ3v) is 3.88. The van der Waals surface area contributed by atoms with Crippen molar-refractivity contribution in [1.29, 1.82) is 0 Å². The molecule has 0 fully saturated rings. The van der Waals surface area contributed by atoms with Gasteiger partial charge in [-0.3, -0.25) is 4.79 Å². The van der Waals surface area contributed by atoms with Crippen molar-refractivity contribution in [2.75, 3.05) is 18.5 Å². The summed E-state index contributed by atoms with van der Waals surface area (Å²) < 4.78 is 31.3. The van der Waals surface area contributed by atoms with E-state index in [2.05, 4.69) is 10.0 Å². The molecule has 1 aliphatic rings. The molecule has 0 bridgehead atoms. The van der Waals surface area contributed by atoms with E-state index in [4.69, 9.17) is 9.84 Å². The lowest BCUT2D eigenvalue weighted by atomic mass is 10.2. The molecular weight excluding hydrogens is 272 g/mol. The zero-order valence-corrected chi connectivity index (χ0v) is 11.0. The molecule has 1 aromatic carbocycles. The molecule has 2 rings (SSSR count). The van der Waals surface area contributed by atoms with E-state index in [1.807, 2.05) is 0 Å². The second-order valence-electron chi connectivity index (χ2n) is 4.20. The van der Waals surface area contributed by atoms with Gasteiger partial charge in [0.2, 0.25) is 10.0 Å². The van der Waals surface area contributed by atoms with E-state index in [0.29, 0.717) is 11.4 Å². The van der Waals surface area contributed by atoms with Crippen LogP contribution in [0.2, 0.25) is 0 Å². The minimum absolute atomic E-state index is 0.00213. The number of benzene rings is 1. The van der Waals surface area contributed by atoms with Gasteiger partial charge in [0.1, 0.15) is 5.75 Å². The molecule has 1 unspecified atom stereocenters. The summed E-state index contributed by atoms with van der Waals surface area (Å²) in [5, 5.41) is 11.6. The van der Waals surface area contributed by atoms with E-state index in [0.717, 1.165) is 0 Å². The second-order valence-corrected chi connectivity index (χ2v) is 5.96. The lowest BCUT2D eigenvalue weighted by molar-refractivity contribution is -0.118. The van der Waals surface area contributed by atoms with Gasteiger partial charge in [-0.2, -0.15) is 0 Å². The van der Waals surface area contributed by atoms with E-state index >= 15 is 0 Å². The quantitative estimate of drug-likeness (QED) is 0.703. The average Bonchev–Trinajstić information content (AvgIpc) is 2.35. The summed E-state index contributed by atoms with van der Waals surface area (Å²) in [6.45, 7) is 1.31. The number of ether oxygens (including phenoxy) is 1. The molecule has 0 radical (unpaired) electrons. The number of carbonyl (C=O) groups is 1. The summed E-state index contributed by atoms with van der Waals surface area (Å²) >= 11 is 0. The van der Waals surface area contributed by atoms with Gasteiger partial charge in [-0.25, -0.2) is 13.1 Å². The van der Waals surface area contributed by atoms with E-state index in [9.17, 15) is 13.2 Å². The number of carbonyl (C=O) groups excluding carboxylic acids is 1. The highest BCUT2D eigenvalue weighted by atomic mass is 32.2. The van der Waals surface area contributed by atoms with Gasteiger partial charge in [0, 0.05) is 6.54 Å². The Morgan fingerprint density at radius 3 is 2.95 bits per heavy atom. The number of fused-ring (bicyclic) bond motifs is 1. The molecule has 0 saturated heterocycles. The van der Waals surface area contributed by atoms with Crippen molar-refractivity contribution >= 4 is 21.6 Å². The summed E-state index contributed by atoms with van der Waals surface area (Å²) in [5.74, 6) is 0.0908. The SMILES string of the molecule is CC(O)CNS(=O)(=O)c1ccc2c(c1)NC(=O)CO2. The topological polar surface area (TPSA) is 105 Å². The van der Waals surface area contributed by atoms with Crippen LogP contribution >= 0.6 is 0 Å². The molecule has 0 aliphatic carbocycles. The number of nitrogens with one attached hydrogen (secondary N) is 2. The van der Waals surface area contributed by atoms with Gasteiger partial charge < -0.3 is 15.2 Å². The van der Waals surface area contributed by atoms with Crippen LogP contribution in [0.1, 0.15) is 6.92 Å². The molecule has 7 nitrogen and oxygen atoms in total. The van der Waals surface area contributed by atoms with Crippen LogP contribution in [0.15, 0.2) is 23.1 Å². The first-order valence-corrected chi connectivity index (χ1v) is 7.11. The van der Waals surface area contributed by atoms with E-state index in [1.165, 1.54) is 25.1 Å². The molecule has 0 saturated carbocycles. The van der Waals surface area contributed by atoms with Crippen molar-refractivity contribution in [2.45, 2.75) is 17.9 Å². The smallest absolute Gasteiger partial charge is 0.262 e. The summed E-state index contributed by atoms with van der Waals surface area (Å²) in [6.07, 6.45) is -0.782. The Labute approximate surface area is 110 Å². The maximum absolute atomic E-state index is 11.9. The first kappa shape index (κ1) is 13.8. The van der Waals surface area contributed by atoms with Crippen LogP contribution in [0, 0.1) is 0 Å². The maximum atomic E-state index is 11.9. The molecular formula is C11H14N2O5S. The predicted molar refractivity (Wildman–Crippen MR) is 67.4 cm³/mol. The number of aliphatic hydroxyl groups excluding tert-OH is 1. The van der Waals surface area contributed by atoms with Gasteiger partial charge in [-0.15, -0.1) is 0 Å². The molecule has 1 amide bonds. The standard InChI is InChI=1S/C11H14N2O5S/c1-7(14)5-12-19(16,17)8-2-3-10-9(4-8)13-11(15)6-18-10/h2-4,7,12,14H,5-6H2,1H3,(H,13,15). The fourth-order valence-corrected chi connectivity index (χ4v) is 2.69. The Balaban J connectivity index is 2.26. The number of rotatable bonds is 4. The van der Waals surface area contributed by atoms with Crippen LogP contribution in [0.5, 0.6) is 5.75 Å². The van der Waals surface area contributed by atoms with E-state index < -0.39 is 16.1 Å². The van der Waals surface area contributed by atoms with Crippen molar-refractivity contribution in [3.05, 3.63) is 18.2 Å². The zero-order valence-electron chi connectivity index (χ0n) is 10.2. The van der Waals surface area contributed by atoms with E-state index in [-0.39, 0.29) is 24.0 Å². The van der Waals surface area contributed by atoms with Crippen molar-refractivity contribution in [3.63, 3.8) is 0 Å². The fraction of sp³-hybridized carbons (Fsp3) is 0.364. The minimum Gasteiger partial charge on any atom is -0.482 e. The first-order valence-electron chi connectivity index (χ1n) is 5.63. The van der Waals surface area contributed by atoms with Gasteiger partial charge in [0.25, 0.3) is 5.91 Å². The molecule has 1 aliphatic heterocycles. The molecule has 8 heteroatoms. The Morgan fingerprint density at radius 2 is 2.26 bits per heavy atom. The number of hydrogen-bond acceptors (Lipinski definition) is 5. The first-order chi connectivity index (χ1) is 8.88. The van der Waals surface area contributed by atoms with Crippen LogP contribution in [-0.4, -0.2) is 38.7 Å². The largest absolute Gasteiger partial charge is 0.482 e. The summed E-state index contributed by atoms with van der Waals surface area (Å²) in [6, 6.07) is 4.17. The Hall–Kier alpha value is -1.64. The molecule has 0 spiro atoms. The highest BCUT2D eigenvalue weighted by Crippen LogP contribution is 2.29. The molecule has 1 aromatic rings. The Morgan fingerprint density at radius 1 is 1.53 bits per heavy atom. The Kier molecular flexibility index (Phi) is 3.74. The monoisotopic (exact) mass is 286 g/mol. The molecule has 1 heterocycles. The van der Waals surface area contributed by atoms with Gasteiger partial charge in [0.15, 0.2) is 6.61 Å². The highest BCUT2D eigenvalue weighted by Gasteiger charge is 2.20. The number of amides is 1. The number of aliphatic hydroxyl groups is 1. The van der Waals surface area contributed by atoms with Gasteiger partial charge >= 0.3 is 0 Å². The lowest BCUT2D eigenvalue weighted by Gasteiger charge is -2.18. The van der Waals surface area contributed by atoms with Crippen LogP contribution in [0.25, 0.3) is 0 Å². The van der Waals surface area contributed by atoms with Gasteiger partial charge in [-0.1, -0.05) is 0 Å². The number of anilines is 1. The van der Waals surface area contributed by atoms with Crippen molar-refractivity contribution < 1.29 is 23.1 Å². The average molecular weight is 286 g/mol. The number of hydrogen-bond donors (Lipinski definition) is 3. The van der Waals surface area contributed by atoms with Crippen LogP contribution in [-0.2, 0) is 14.8 Å². The minimum atomic E-state index is -3.72. The Bertz CT molecular complexity index is 597. The van der Waals surface area contributed by atoms with Gasteiger partial charge in [0.05, 0.1) is 16.7 Å². The predicted octanol–water partition coefficient (Wildman–Crippen LogP) is -0.323. The van der Waals surface area contributed by atoms with Crippen molar-refractivity contribution in [2.24, 2.45) is 0 Å². The van der Waals surface area contributed by atoms with Crippen LogP contribution in [0.4, 0.5) is 5.69 Å². The van der Waals surface area contributed by atoms with E-state index in [1.54, 1.807) is 0 Å². The molecule has 3 N–H and O–H groups in total. The van der Waals surface area contributed by atoms with Crippen molar-refractivity contribution in [1.82, 2.24) is 4.72 Å². The normalized spacial score (nSPS) is 16.2. The second kappa shape index (κ2) is 5.16. The summed E-state index contributed by atoms with van der Waals surface area (Å²) in [5.41, 5.74) is 0.316. The molecule has 1 atom stereocenters. The highest BCUT2D eigenvalue weighted by molar-refractivity contribution is 7.89. The summed E-state index contributed by atoms with van der Waals surface area (Å²) in [4.78, 5) is 11.2. The lowest BCUT2D eigenvalue weighted by Crippen LogP contribution is -2.31.